The summed E-state index contributed by atoms with van der Waals surface area (Å²) in [7, 11) is 0. The van der Waals surface area contributed by atoms with E-state index in [0.29, 0.717) is 23.6 Å². The van der Waals surface area contributed by atoms with Crippen molar-refractivity contribution in [3.8, 4) is 11.3 Å². The number of fused-ring (bicyclic) bond motifs is 2. The normalized spacial score (nSPS) is 21.5. The second-order valence-electron chi connectivity index (χ2n) is 9.83. The van der Waals surface area contributed by atoms with Crippen LogP contribution in [-0.4, -0.2) is 43.0 Å². The molecule has 0 bridgehead atoms. The quantitative estimate of drug-likeness (QED) is 0.325. The molecule has 0 saturated heterocycles. The van der Waals surface area contributed by atoms with Crippen LogP contribution in [0, 0.1) is 5.92 Å². The number of hydrogen-bond donors (Lipinski definition) is 0. The average molecular weight is 528 g/mol. The molecule has 4 aromatic rings. The minimum absolute atomic E-state index is 0.173. The molecule has 0 radical (unpaired) electrons. The van der Waals surface area contributed by atoms with E-state index >= 15 is 0 Å². The predicted molar refractivity (Wildman–Crippen MR) is 134 cm³/mol. The first kappa shape index (κ1) is 20.9. The third-order valence-corrected chi connectivity index (χ3v) is 7.90. The molecule has 2 aliphatic carbocycles. The predicted octanol–water partition coefficient (Wildman–Crippen LogP) is 5.38. The lowest BCUT2D eigenvalue weighted by Crippen LogP contribution is -2.40. The molecule has 2 fully saturated rings. The molecular formula is C27H22BrN5O2. The van der Waals surface area contributed by atoms with Crippen LogP contribution in [0.25, 0.3) is 22.3 Å². The number of hydrogen-bond acceptors (Lipinski definition) is 5. The molecule has 0 spiro atoms. The third kappa shape index (κ3) is 3.50. The molecule has 2 amide bonds. The van der Waals surface area contributed by atoms with E-state index in [1.54, 1.807) is 24.3 Å². The van der Waals surface area contributed by atoms with Crippen LogP contribution in [-0.2, 0) is 0 Å². The zero-order valence-corrected chi connectivity index (χ0v) is 20.5. The van der Waals surface area contributed by atoms with Crippen molar-refractivity contribution in [3.63, 3.8) is 0 Å². The molecule has 8 heteroatoms. The van der Waals surface area contributed by atoms with Gasteiger partial charge >= 0.3 is 0 Å². The Labute approximate surface area is 210 Å². The van der Waals surface area contributed by atoms with Gasteiger partial charge in [0.1, 0.15) is 0 Å². The Morgan fingerprint density at radius 2 is 1.69 bits per heavy atom. The highest BCUT2D eigenvalue weighted by molar-refractivity contribution is 9.10. The molecule has 2 aromatic carbocycles. The Morgan fingerprint density at radius 1 is 0.943 bits per heavy atom. The summed E-state index contributed by atoms with van der Waals surface area (Å²) in [5, 5.41) is 4.99. The van der Waals surface area contributed by atoms with Crippen molar-refractivity contribution in [2.24, 2.45) is 5.92 Å². The van der Waals surface area contributed by atoms with Crippen LogP contribution in [0.15, 0.2) is 59.3 Å². The van der Waals surface area contributed by atoms with Gasteiger partial charge < -0.3 is 0 Å². The third-order valence-electron chi connectivity index (χ3n) is 7.41. The molecule has 0 unspecified atom stereocenters. The molecule has 3 heterocycles. The van der Waals surface area contributed by atoms with Gasteiger partial charge in [0.2, 0.25) is 0 Å². The van der Waals surface area contributed by atoms with E-state index < -0.39 is 0 Å². The summed E-state index contributed by atoms with van der Waals surface area (Å²) >= 11 is 3.49. The summed E-state index contributed by atoms with van der Waals surface area (Å²) in [5.74, 6) is 0.433. The highest BCUT2D eigenvalue weighted by atomic mass is 79.9. The number of nitrogens with zero attached hydrogens (tertiary/aromatic N) is 5. The summed E-state index contributed by atoms with van der Waals surface area (Å²) < 4.78 is 3.06. The molecule has 0 atom stereocenters. The SMILES string of the molecule is O=C1c2ccccc2C(=O)N1C[C@H]1C[C@H](n2cc(-c3cnc4cc(Br)ccc4n3)c(C3CC3)n2)C1. The largest absolute Gasteiger partial charge is 0.274 e. The van der Waals surface area contributed by atoms with Crippen molar-refractivity contribution in [2.45, 2.75) is 37.6 Å². The summed E-state index contributed by atoms with van der Waals surface area (Å²) in [6, 6.07) is 13.3. The van der Waals surface area contributed by atoms with Gasteiger partial charge in [-0.1, -0.05) is 28.1 Å². The lowest BCUT2D eigenvalue weighted by atomic mass is 9.80. The number of rotatable bonds is 5. The second-order valence-corrected chi connectivity index (χ2v) is 10.7. The van der Waals surface area contributed by atoms with Gasteiger partial charge in [0, 0.05) is 28.7 Å². The summed E-state index contributed by atoms with van der Waals surface area (Å²) in [4.78, 5) is 36.3. The van der Waals surface area contributed by atoms with Gasteiger partial charge in [-0.3, -0.25) is 24.2 Å². The van der Waals surface area contributed by atoms with Crippen molar-refractivity contribution >= 4 is 38.8 Å². The topological polar surface area (TPSA) is 81.0 Å². The number of halogens is 1. The molecule has 174 valence electrons. The first-order valence-corrected chi connectivity index (χ1v) is 12.8. The van der Waals surface area contributed by atoms with Crippen LogP contribution >= 0.6 is 15.9 Å². The summed E-state index contributed by atoms with van der Waals surface area (Å²) in [6.45, 7) is 0.470. The van der Waals surface area contributed by atoms with Crippen molar-refractivity contribution in [1.29, 1.82) is 0 Å². The fourth-order valence-corrected chi connectivity index (χ4v) is 5.64. The highest BCUT2D eigenvalue weighted by Crippen LogP contribution is 2.46. The van der Waals surface area contributed by atoms with Crippen molar-refractivity contribution < 1.29 is 9.59 Å². The molecule has 0 N–H and O–H groups in total. The van der Waals surface area contributed by atoms with Crippen LogP contribution in [0.1, 0.15) is 64.1 Å². The smallest absolute Gasteiger partial charge is 0.261 e. The van der Waals surface area contributed by atoms with E-state index in [-0.39, 0.29) is 23.8 Å². The Bertz CT molecular complexity index is 1480. The van der Waals surface area contributed by atoms with Gasteiger partial charge in [-0.15, -0.1) is 0 Å². The second kappa shape index (κ2) is 7.81. The number of carbonyl (C=O) groups is 2. The van der Waals surface area contributed by atoms with E-state index in [9.17, 15) is 9.59 Å². The minimum atomic E-state index is -0.173. The lowest BCUT2D eigenvalue weighted by Gasteiger charge is -2.37. The van der Waals surface area contributed by atoms with Crippen molar-refractivity contribution in [1.82, 2.24) is 24.6 Å². The van der Waals surface area contributed by atoms with E-state index in [4.69, 9.17) is 10.1 Å². The maximum absolute atomic E-state index is 12.7. The van der Waals surface area contributed by atoms with Gasteiger partial charge in [-0.25, -0.2) is 4.98 Å². The number of benzene rings is 2. The Morgan fingerprint density at radius 3 is 2.40 bits per heavy atom. The molecule has 35 heavy (non-hydrogen) atoms. The van der Waals surface area contributed by atoms with Crippen molar-refractivity contribution in [3.05, 3.63) is 76.2 Å². The van der Waals surface area contributed by atoms with E-state index in [1.807, 2.05) is 24.4 Å². The van der Waals surface area contributed by atoms with Gasteiger partial charge in [0.25, 0.3) is 11.8 Å². The monoisotopic (exact) mass is 527 g/mol. The molecule has 2 saturated carbocycles. The zero-order valence-electron chi connectivity index (χ0n) is 18.9. The fourth-order valence-electron chi connectivity index (χ4n) is 5.29. The van der Waals surface area contributed by atoms with E-state index in [0.717, 1.165) is 58.1 Å². The van der Waals surface area contributed by atoms with Gasteiger partial charge in [0.05, 0.1) is 45.8 Å². The standard InChI is InChI=1S/C27H22BrN5O2/c28-17-7-8-22-23(11-17)29-12-24(30-22)21-14-33(31-25(21)16-5-6-16)18-9-15(10-18)13-32-26(34)19-3-1-2-4-20(19)27(32)35/h1-4,7-8,11-12,14-16,18H,5-6,9-10,13H2/t15-,18-. The van der Waals surface area contributed by atoms with Gasteiger partial charge in [-0.2, -0.15) is 5.10 Å². The first-order chi connectivity index (χ1) is 17.0. The highest BCUT2D eigenvalue weighted by Gasteiger charge is 2.41. The Kier molecular flexibility index (Phi) is 4.67. The number of imide groups is 1. The number of aromatic nitrogens is 4. The zero-order chi connectivity index (χ0) is 23.7. The van der Waals surface area contributed by atoms with Crippen LogP contribution in [0.4, 0.5) is 0 Å². The fraction of sp³-hybridized carbons (Fsp3) is 0.296. The molecular weight excluding hydrogens is 506 g/mol. The molecule has 2 aromatic heterocycles. The molecule has 1 aliphatic heterocycles. The molecule has 7 rings (SSSR count). The summed E-state index contributed by atoms with van der Waals surface area (Å²) in [6.07, 6.45) is 8.07. The van der Waals surface area contributed by atoms with Gasteiger partial charge in [0.15, 0.2) is 0 Å². The Hall–Kier alpha value is -3.39. The molecule has 7 nitrogen and oxygen atoms in total. The number of amides is 2. The average Bonchev–Trinajstić information content (AvgIpc) is 3.56. The minimum Gasteiger partial charge on any atom is -0.274 e. The maximum Gasteiger partial charge on any atom is 0.261 e. The first-order valence-electron chi connectivity index (χ1n) is 12.0. The van der Waals surface area contributed by atoms with E-state index in [1.165, 1.54) is 4.90 Å². The van der Waals surface area contributed by atoms with Crippen LogP contribution in [0.3, 0.4) is 0 Å². The molecule has 3 aliphatic rings. The Balaban J connectivity index is 1.10. The van der Waals surface area contributed by atoms with E-state index in [2.05, 4.69) is 31.8 Å². The number of carbonyl (C=O) groups excluding carboxylic acids is 2. The summed E-state index contributed by atoms with van der Waals surface area (Å²) in [5.41, 5.74) is 5.79. The van der Waals surface area contributed by atoms with Crippen LogP contribution in [0.2, 0.25) is 0 Å². The van der Waals surface area contributed by atoms with Crippen LogP contribution in [0.5, 0.6) is 0 Å². The van der Waals surface area contributed by atoms with Crippen LogP contribution < -0.4 is 0 Å². The van der Waals surface area contributed by atoms with Gasteiger partial charge in [-0.05, 0) is 61.9 Å². The van der Waals surface area contributed by atoms with Crippen molar-refractivity contribution in [2.75, 3.05) is 6.54 Å². The maximum atomic E-state index is 12.7. The lowest BCUT2D eigenvalue weighted by molar-refractivity contribution is 0.0561.